The molecule has 2 atom stereocenters. The second-order valence-corrected chi connectivity index (χ2v) is 7.36. The van der Waals surface area contributed by atoms with Crippen LogP contribution in [0.4, 0.5) is 0 Å². The summed E-state index contributed by atoms with van der Waals surface area (Å²) in [7, 11) is 0. The van der Waals surface area contributed by atoms with E-state index in [4.69, 9.17) is 4.84 Å². The summed E-state index contributed by atoms with van der Waals surface area (Å²) in [6, 6.07) is 0. The average Bonchev–Trinajstić information content (AvgIpc) is 2.93. The molecule has 6 rings (SSSR count). The maximum atomic E-state index is 5.73. The van der Waals surface area contributed by atoms with E-state index in [1.54, 1.807) is 5.57 Å². The first-order valence-electron chi connectivity index (χ1n) is 7.92. The lowest BCUT2D eigenvalue weighted by molar-refractivity contribution is 0.0605. The summed E-state index contributed by atoms with van der Waals surface area (Å²) in [4.78, 5) is 5.73. The van der Waals surface area contributed by atoms with E-state index in [1.807, 2.05) is 0 Å². The quantitative estimate of drug-likeness (QED) is 0.646. The molecule has 0 N–H and O–H groups in total. The molecule has 4 fully saturated rings. The van der Waals surface area contributed by atoms with Gasteiger partial charge in [-0.2, -0.15) is 0 Å². The fourth-order valence-electron chi connectivity index (χ4n) is 5.70. The van der Waals surface area contributed by atoms with Crippen molar-refractivity contribution in [3.05, 3.63) is 23.3 Å². The second kappa shape index (κ2) is 3.53. The number of oxime groups is 1. The molecule has 100 valence electrons. The fourth-order valence-corrected chi connectivity index (χ4v) is 5.70. The first-order valence-corrected chi connectivity index (χ1v) is 7.92. The molecule has 5 aliphatic carbocycles. The van der Waals surface area contributed by atoms with Gasteiger partial charge in [-0.3, -0.25) is 0 Å². The van der Waals surface area contributed by atoms with E-state index >= 15 is 0 Å². The van der Waals surface area contributed by atoms with Crippen LogP contribution in [0, 0.1) is 29.6 Å². The van der Waals surface area contributed by atoms with Crippen LogP contribution >= 0.6 is 0 Å². The molecule has 2 nitrogen and oxygen atoms in total. The van der Waals surface area contributed by atoms with Crippen LogP contribution in [0.2, 0.25) is 0 Å². The Morgan fingerprint density at radius 3 is 2.42 bits per heavy atom. The van der Waals surface area contributed by atoms with Crippen molar-refractivity contribution in [1.29, 1.82) is 0 Å². The molecule has 4 saturated carbocycles. The molecule has 0 aromatic carbocycles. The summed E-state index contributed by atoms with van der Waals surface area (Å²) < 4.78 is 0. The Bertz CT molecular complexity index is 497. The summed E-state index contributed by atoms with van der Waals surface area (Å²) in [5, 5.41) is 4.21. The monoisotopic (exact) mass is 255 g/mol. The van der Waals surface area contributed by atoms with E-state index in [0.29, 0.717) is 5.92 Å². The third kappa shape index (κ3) is 1.35. The number of rotatable bonds is 0. The van der Waals surface area contributed by atoms with Gasteiger partial charge in [0.1, 0.15) is 0 Å². The molecule has 19 heavy (non-hydrogen) atoms. The Morgan fingerprint density at radius 1 is 1.05 bits per heavy atom. The molecule has 0 spiro atoms. The zero-order chi connectivity index (χ0) is 12.6. The Labute approximate surface area is 114 Å². The predicted molar refractivity (Wildman–Crippen MR) is 74.7 cm³/mol. The van der Waals surface area contributed by atoms with Gasteiger partial charge in [-0.05, 0) is 68.3 Å². The predicted octanol–water partition coefficient (Wildman–Crippen LogP) is 3.70. The van der Waals surface area contributed by atoms with Crippen molar-refractivity contribution in [3.63, 3.8) is 0 Å². The van der Waals surface area contributed by atoms with Crippen LogP contribution in [-0.4, -0.2) is 11.8 Å². The van der Waals surface area contributed by atoms with Gasteiger partial charge in [-0.1, -0.05) is 22.9 Å². The number of hydrogen-bond acceptors (Lipinski definition) is 2. The molecular formula is C17H21NO. The summed E-state index contributed by atoms with van der Waals surface area (Å²) in [5.74, 6) is 4.25. The van der Waals surface area contributed by atoms with Gasteiger partial charge < -0.3 is 4.84 Å². The van der Waals surface area contributed by atoms with Crippen molar-refractivity contribution >= 4 is 5.71 Å². The molecule has 1 heterocycles. The molecule has 0 radical (unpaired) electrons. The fraction of sp³-hybridized carbons (Fsp3) is 0.706. The minimum atomic E-state index is 0.229. The third-order valence-electron chi connectivity index (χ3n) is 6.26. The largest absolute Gasteiger partial charge is 0.387 e. The highest BCUT2D eigenvalue weighted by molar-refractivity contribution is 5.89. The van der Waals surface area contributed by atoms with E-state index in [1.165, 1.54) is 37.7 Å². The first-order chi connectivity index (χ1) is 9.29. The number of hydrogen-bond donors (Lipinski definition) is 0. The van der Waals surface area contributed by atoms with E-state index in [-0.39, 0.29) is 6.10 Å². The molecule has 4 bridgehead atoms. The molecular weight excluding hydrogens is 234 g/mol. The number of nitrogens with zero attached hydrogens (tertiary/aromatic N) is 1. The molecule has 0 saturated heterocycles. The minimum Gasteiger partial charge on any atom is -0.387 e. The van der Waals surface area contributed by atoms with E-state index < -0.39 is 0 Å². The smallest absolute Gasteiger partial charge is 0.164 e. The van der Waals surface area contributed by atoms with Crippen LogP contribution in [0.25, 0.3) is 0 Å². The molecule has 6 aliphatic rings. The molecule has 2 heteroatoms. The molecule has 0 aromatic heterocycles. The molecule has 0 aromatic rings. The highest BCUT2D eigenvalue weighted by Gasteiger charge is 2.48. The van der Waals surface area contributed by atoms with Crippen molar-refractivity contribution in [3.8, 4) is 0 Å². The van der Waals surface area contributed by atoms with Crippen LogP contribution < -0.4 is 0 Å². The third-order valence-corrected chi connectivity index (χ3v) is 6.26. The maximum absolute atomic E-state index is 5.73. The zero-order valence-corrected chi connectivity index (χ0v) is 11.5. The van der Waals surface area contributed by atoms with Gasteiger partial charge in [0.25, 0.3) is 0 Å². The van der Waals surface area contributed by atoms with Crippen LogP contribution in [-0.2, 0) is 4.84 Å². The van der Waals surface area contributed by atoms with Gasteiger partial charge >= 0.3 is 0 Å². The second-order valence-electron chi connectivity index (χ2n) is 7.36. The summed E-state index contributed by atoms with van der Waals surface area (Å²) in [6.07, 6.45) is 12.3. The average molecular weight is 255 g/mol. The Hall–Kier alpha value is -1.05. The van der Waals surface area contributed by atoms with Gasteiger partial charge in [-0.25, -0.2) is 0 Å². The Balaban J connectivity index is 1.56. The first kappa shape index (κ1) is 10.7. The number of fused-ring (bicyclic) bond motifs is 1. The lowest BCUT2D eigenvalue weighted by Gasteiger charge is -2.52. The van der Waals surface area contributed by atoms with Crippen molar-refractivity contribution < 1.29 is 4.84 Å². The SMILES string of the molecule is CC1=NO[C@@H]2C(=C3C4CC5CC(C4)CC3C5)C=C[C@H]12. The van der Waals surface area contributed by atoms with E-state index in [2.05, 4.69) is 24.2 Å². The zero-order valence-electron chi connectivity index (χ0n) is 11.5. The Morgan fingerprint density at radius 2 is 1.74 bits per heavy atom. The highest BCUT2D eigenvalue weighted by atomic mass is 16.6. The lowest BCUT2D eigenvalue weighted by Crippen LogP contribution is -2.41. The van der Waals surface area contributed by atoms with Crippen LogP contribution in [0.15, 0.2) is 28.5 Å². The summed E-state index contributed by atoms with van der Waals surface area (Å²) in [6.45, 7) is 2.10. The van der Waals surface area contributed by atoms with Crippen LogP contribution in [0.5, 0.6) is 0 Å². The molecule has 0 amide bonds. The van der Waals surface area contributed by atoms with Gasteiger partial charge in [0, 0.05) is 0 Å². The minimum absolute atomic E-state index is 0.229. The van der Waals surface area contributed by atoms with Crippen LogP contribution in [0.3, 0.4) is 0 Å². The van der Waals surface area contributed by atoms with Gasteiger partial charge in [-0.15, -0.1) is 0 Å². The highest BCUT2D eigenvalue weighted by Crippen LogP contribution is 2.58. The normalized spacial score (nSPS) is 49.6. The molecule has 1 aliphatic heterocycles. The van der Waals surface area contributed by atoms with Crippen molar-refractivity contribution in [2.45, 2.75) is 45.1 Å². The molecule has 0 unspecified atom stereocenters. The van der Waals surface area contributed by atoms with Crippen molar-refractivity contribution in [1.82, 2.24) is 0 Å². The van der Waals surface area contributed by atoms with Gasteiger partial charge in [0.15, 0.2) is 6.10 Å². The topological polar surface area (TPSA) is 21.6 Å². The van der Waals surface area contributed by atoms with Gasteiger partial charge in [0.05, 0.1) is 11.6 Å². The summed E-state index contributed by atoms with van der Waals surface area (Å²) >= 11 is 0. The van der Waals surface area contributed by atoms with E-state index in [9.17, 15) is 0 Å². The number of allylic oxidation sites excluding steroid dienone is 1. The van der Waals surface area contributed by atoms with Gasteiger partial charge in [0.2, 0.25) is 0 Å². The lowest BCUT2D eigenvalue weighted by atomic mass is 9.53. The van der Waals surface area contributed by atoms with Crippen molar-refractivity contribution in [2.24, 2.45) is 34.7 Å². The van der Waals surface area contributed by atoms with E-state index in [0.717, 1.165) is 29.4 Å². The van der Waals surface area contributed by atoms with Crippen LogP contribution in [0.1, 0.15) is 39.0 Å². The van der Waals surface area contributed by atoms with Crippen molar-refractivity contribution in [2.75, 3.05) is 0 Å². The standard InChI is InChI=1S/C17H21NO/c1-9-14-2-3-15(17(14)19-18-9)16-12-5-10-4-11(7-12)8-13(16)6-10/h2-3,10-14,17H,4-8H2,1H3/t10?,11?,12?,13?,14-,17+/m1/s1. The Kier molecular flexibility index (Phi) is 1.99. The summed E-state index contributed by atoms with van der Waals surface area (Å²) in [5.41, 5.74) is 4.45. The maximum Gasteiger partial charge on any atom is 0.164 e.